The molecule has 4 rings (SSSR count). The van der Waals surface area contributed by atoms with Crippen LogP contribution < -0.4 is 16.0 Å². The molecule has 0 atom stereocenters. The van der Waals surface area contributed by atoms with Gasteiger partial charge in [0.2, 0.25) is 0 Å². The predicted molar refractivity (Wildman–Crippen MR) is 100 cm³/mol. The Kier molecular flexibility index (Phi) is 5.39. The monoisotopic (exact) mass is 457 g/mol. The molecule has 10 heteroatoms. The van der Waals surface area contributed by atoms with Crippen LogP contribution in [0.5, 0.6) is 0 Å². The van der Waals surface area contributed by atoms with Crippen LogP contribution in [-0.2, 0) is 0 Å². The average Bonchev–Trinajstić information content (AvgIpc) is 2.77. The van der Waals surface area contributed by atoms with Crippen LogP contribution in [0.2, 0.25) is 0 Å². The van der Waals surface area contributed by atoms with Crippen LogP contribution in [0.4, 0.5) is 35.1 Å². The van der Waals surface area contributed by atoms with Crippen LogP contribution >= 0.6 is 7.92 Å². The van der Waals surface area contributed by atoms with Crippen LogP contribution in [0.1, 0.15) is 0 Å². The minimum absolute atomic E-state index is 0.206. The lowest BCUT2D eigenvalue weighted by atomic mass is 10.2. The molecule has 0 aliphatic heterocycles. The molecule has 1 heterocycles. The van der Waals surface area contributed by atoms with Gasteiger partial charge in [-0.1, -0.05) is 24.3 Å². The molecule has 0 radical (unpaired) electrons. The van der Waals surface area contributed by atoms with Crippen molar-refractivity contribution in [1.82, 2.24) is 4.98 Å². The second-order valence-electron chi connectivity index (χ2n) is 6.34. The Bertz CT molecular complexity index is 1280. The fraction of sp³-hybridized carbons (Fsp3) is 0. The Morgan fingerprint density at radius 3 is 1.61 bits per heavy atom. The highest BCUT2D eigenvalue weighted by Crippen LogP contribution is 2.37. The Hall–Kier alpha value is -3.06. The number of fused-ring (bicyclic) bond motifs is 1. The van der Waals surface area contributed by atoms with Crippen LogP contribution in [-0.4, -0.2) is 4.98 Å². The van der Waals surface area contributed by atoms with Gasteiger partial charge in [-0.25, -0.2) is 40.1 Å². The molecule has 0 N–H and O–H groups in total. The number of hydrogen-bond donors (Lipinski definition) is 0. The third-order valence-electron chi connectivity index (χ3n) is 4.46. The lowest BCUT2D eigenvalue weighted by molar-refractivity contribution is 0.412. The van der Waals surface area contributed by atoms with Gasteiger partial charge in [-0.2, -0.15) is 0 Å². The molecule has 4 aromatic rings. The van der Waals surface area contributed by atoms with Gasteiger partial charge in [0, 0.05) is 23.9 Å². The Labute approximate surface area is 170 Å². The minimum atomic E-state index is -2.80. The van der Waals surface area contributed by atoms with Gasteiger partial charge >= 0.3 is 0 Å². The Balaban J connectivity index is 2.07. The van der Waals surface area contributed by atoms with E-state index in [1.54, 1.807) is 18.2 Å². The van der Waals surface area contributed by atoms with E-state index in [0.29, 0.717) is 10.9 Å². The van der Waals surface area contributed by atoms with Gasteiger partial charge in [-0.05, 0) is 24.3 Å². The summed E-state index contributed by atoms with van der Waals surface area (Å²) >= 11 is 0. The van der Waals surface area contributed by atoms with E-state index in [0.717, 1.165) is 0 Å². The molecule has 0 spiro atoms. The van der Waals surface area contributed by atoms with Crippen molar-refractivity contribution in [2.75, 3.05) is 0 Å². The topological polar surface area (TPSA) is 12.9 Å². The number of halogens is 8. The lowest BCUT2D eigenvalue weighted by Crippen LogP contribution is -2.29. The molecular formula is C21H8F8NP. The smallest absolute Gasteiger partial charge is 0.198 e. The summed E-state index contributed by atoms with van der Waals surface area (Å²) in [4.78, 5) is 4.19. The first-order valence-electron chi connectivity index (χ1n) is 8.52. The van der Waals surface area contributed by atoms with E-state index in [-0.39, 0.29) is 17.6 Å². The quantitative estimate of drug-likeness (QED) is 0.181. The molecule has 0 bridgehead atoms. The van der Waals surface area contributed by atoms with E-state index >= 15 is 0 Å². The summed E-state index contributed by atoms with van der Waals surface area (Å²) in [5.74, 6) is -16.0. The van der Waals surface area contributed by atoms with Crippen molar-refractivity contribution in [2.45, 2.75) is 0 Å². The van der Waals surface area contributed by atoms with Gasteiger partial charge < -0.3 is 0 Å². The summed E-state index contributed by atoms with van der Waals surface area (Å²) < 4.78 is 112. The molecule has 1 aromatic heterocycles. The van der Waals surface area contributed by atoms with E-state index in [2.05, 4.69) is 4.98 Å². The molecule has 0 fully saturated rings. The number of pyridine rings is 1. The second kappa shape index (κ2) is 7.89. The lowest BCUT2D eigenvalue weighted by Gasteiger charge is -2.21. The van der Waals surface area contributed by atoms with Gasteiger partial charge in [0.1, 0.15) is 0 Å². The Morgan fingerprint density at radius 2 is 1.06 bits per heavy atom. The van der Waals surface area contributed by atoms with Crippen molar-refractivity contribution in [3.63, 3.8) is 0 Å². The molecule has 158 valence electrons. The maximum Gasteiger partial charge on any atom is 0.198 e. The molecule has 31 heavy (non-hydrogen) atoms. The van der Waals surface area contributed by atoms with Crippen molar-refractivity contribution in [1.29, 1.82) is 0 Å². The largest absolute Gasteiger partial charge is 0.247 e. The van der Waals surface area contributed by atoms with E-state index in [4.69, 9.17) is 0 Å². The van der Waals surface area contributed by atoms with Gasteiger partial charge in [0.25, 0.3) is 0 Å². The zero-order valence-corrected chi connectivity index (χ0v) is 15.9. The molecular weight excluding hydrogens is 449 g/mol. The van der Waals surface area contributed by atoms with E-state index in [1.807, 2.05) is 0 Å². The summed E-state index contributed by atoms with van der Waals surface area (Å²) in [6, 6.07) is 9.68. The fourth-order valence-corrected chi connectivity index (χ4v) is 5.26. The highest BCUT2D eigenvalue weighted by Gasteiger charge is 2.32. The minimum Gasteiger partial charge on any atom is -0.247 e. The average molecular weight is 457 g/mol. The summed E-state index contributed by atoms with van der Waals surface area (Å²) in [5.41, 5.74) is 0.0988. The molecule has 3 aromatic carbocycles. The van der Waals surface area contributed by atoms with Crippen molar-refractivity contribution < 1.29 is 35.1 Å². The zero-order chi connectivity index (χ0) is 22.4. The molecule has 0 saturated heterocycles. The van der Waals surface area contributed by atoms with Crippen LogP contribution in [0.15, 0.2) is 48.5 Å². The third kappa shape index (κ3) is 3.53. The van der Waals surface area contributed by atoms with Crippen molar-refractivity contribution >= 4 is 34.9 Å². The SMILES string of the molecule is Fc1cc(P(c2ccc3ccccc3n2)c2cc(F)c(F)c(F)c2F)c(F)c(F)c1F. The van der Waals surface area contributed by atoms with Gasteiger partial charge in [0.15, 0.2) is 46.5 Å². The van der Waals surface area contributed by atoms with E-state index in [9.17, 15) is 35.1 Å². The molecule has 0 amide bonds. The maximum atomic E-state index is 14.6. The first-order valence-corrected chi connectivity index (χ1v) is 9.86. The summed E-state index contributed by atoms with van der Waals surface area (Å²) in [7, 11) is -2.80. The summed E-state index contributed by atoms with van der Waals surface area (Å²) in [5, 5.41) is -1.24. The van der Waals surface area contributed by atoms with Crippen LogP contribution in [0.25, 0.3) is 10.9 Å². The van der Waals surface area contributed by atoms with Crippen LogP contribution in [0, 0.1) is 46.5 Å². The summed E-state index contributed by atoms with van der Waals surface area (Å²) in [6.07, 6.45) is 0. The first kappa shape index (κ1) is 21.2. The predicted octanol–water partition coefficient (Wildman–Crippen LogP) is 5.11. The molecule has 0 saturated carbocycles. The van der Waals surface area contributed by atoms with Crippen molar-refractivity contribution in [3.05, 3.63) is 95.1 Å². The highest BCUT2D eigenvalue weighted by molar-refractivity contribution is 7.79. The number of rotatable bonds is 3. The van der Waals surface area contributed by atoms with E-state index in [1.165, 1.54) is 18.2 Å². The van der Waals surface area contributed by atoms with Crippen molar-refractivity contribution in [2.24, 2.45) is 0 Å². The number of para-hydroxylation sites is 1. The number of hydrogen-bond acceptors (Lipinski definition) is 1. The normalized spacial score (nSPS) is 11.5. The molecule has 0 aliphatic rings. The Morgan fingerprint density at radius 1 is 0.548 bits per heavy atom. The standard InChI is InChI=1S/C21H8F8NP/c22-10-7-13(18(26)20(28)16(10)24)31(14-8-11(23)17(25)21(29)19(14)27)15-6-5-9-3-1-2-4-12(9)30-15/h1-8H. The zero-order valence-electron chi connectivity index (χ0n) is 15.0. The fourth-order valence-electron chi connectivity index (χ4n) is 3.00. The summed E-state index contributed by atoms with van der Waals surface area (Å²) in [6.45, 7) is 0. The van der Waals surface area contributed by atoms with Gasteiger partial charge in [-0.15, -0.1) is 0 Å². The maximum absolute atomic E-state index is 14.6. The van der Waals surface area contributed by atoms with Gasteiger partial charge in [-0.3, -0.25) is 0 Å². The van der Waals surface area contributed by atoms with Crippen molar-refractivity contribution in [3.8, 4) is 0 Å². The molecule has 1 nitrogen and oxygen atoms in total. The van der Waals surface area contributed by atoms with E-state index < -0.39 is 65.1 Å². The van der Waals surface area contributed by atoms with Crippen LogP contribution in [0.3, 0.4) is 0 Å². The second-order valence-corrected chi connectivity index (χ2v) is 8.43. The van der Waals surface area contributed by atoms with Gasteiger partial charge in [0.05, 0.1) is 11.0 Å². The number of nitrogens with zero attached hydrogens (tertiary/aromatic N) is 1. The number of aromatic nitrogens is 1. The first-order chi connectivity index (χ1) is 14.7. The number of benzene rings is 3. The molecule has 0 aliphatic carbocycles. The highest BCUT2D eigenvalue weighted by atomic mass is 31.1. The third-order valence-corrected chi connectivity index (χ3v) is 6.78. The molecule has 0 unspecified atom stereocenters.